The Morgan fingerprint density at radius 1 is 1.11 bits per heavy atom. The minimum Gasteiger partial charge on any atom is -0.398 e. The van der Waals surface area contributed by atoms with E-state index in [1.807, 2.05) is 38.1 Å². The van der Waals surface area contributed by atoms with Crippen LogP contribution in [0.4, 0.5) is 5.69 Å². The van der Waals surface area contributed by atoms with Gasteiger partial charge in [0.2, 0.25) is 0 Å². The van der Waals surface area contributed by atoms with Gasteiger partial charge in [-0.2, -0.15) is 0 Å². The van der Waals surface area contributed by atoms with Crippen molar-refractivity contribution in [3.05, 3.63) is 63.1 Å². The molecule has 0 unspecified atom stereocenters. The Balaban J connectivity index is 2.58. The molecule has 0 amide bonds. The van der Waals surface area contributed by atoms with Crippen molar-refractivity contribution in [3.63, 3.8) is 0 Å². The van der Waals surface area contributed by atoms with E-state index in [0.717, 1.165) is 21.2 Å². The van der Waals surface area contributed by atoms with Crippen LogP contribution in [0.5, 0.6) is 0 Å². The number of halogens is 1. The second kappa shape index (κ2) is 4.94. The zero-order chi connectivity index (χ0) is 13.3. The topological polar surface area (TPSA) is 43.1 Å². The van der Waals surface area contributed by atoms with Crippen molar-refractivity contribution >= 4 is 27.4 Å². The Bertz CT molecular complexity index is 600. The van der Waals surface area contributed by atoms with Gasteiger partial charge in [0, 0.05) is 21.3 Å². The molecular weight excluding hydrogens is 290 g/mol. The summed E-state index contributed by atoms with van der Waals surface area (Å²) in [4.78, 5) is 12.6. The standard InChI is InChI=1S/C15H14BrNO/c1-9-4-3-5-10(2)14(9)15(18)12-8-11(16)6-7-13(12)17/h3-8H,17H2,1-2H3. The second-order valence-corrected chi connectivity index (χ2v) is 5.24. The molecule has 2 nitrogen and oxygen atoms in total. The van der Waals surface area contributed by atoms with Crippen LogP contribution in [0.3, 0.4) is 0 Å². The van der Waals surface area contributed by atoms with Crippen molar-refractivity contribution in [3.8, 4) is 0 Å². The molecule has 0 bridgehead atoms. The molecule has 2 N–H and O–H groups in total. The number of carbonyl (C=O) groups is 1. The normalized spacial score (nSPS) is 10.4. The lowest BCUT2D eigenvalue weighted by Crippen LogP contribution is -2.09. The van der Waals surface area contributed by atoms with Crippen molar-refractivity contribution in [2.75, 3.05) is 5.73 Å². The van der Waals surface area contributed by atoms with Crippen LogP contribution in [0, 0.1) is 13.8 Å². The fraction of sp³-hybridized carbons (Fsp3) is 0.133. The molecule has 0 saturated carbocycles. The summed E-state index contributed by atoms with van der Waals surface area (Å²) in [7, 11) is 0. The monoisotopic (exact) mass is 303 g/mol. The number of benzene rings is 2. The SMILES string of the molecule is Cc1cccc(C)c1C(=O)c1cc(Br)ccc1N. The van der Waals surface area contributed by atoms with Gasteiger partial charge in [0.25, 0.3) is 0 Å². The summed E-state index contributed by atoms with van der Waals surface area (Å²) in [6, 6.07) is 11.2. The lowest BCUT2D eigenvalue weighted by atomic mass is 9.94. The van der Waals surface area contributed by atoms with Crippen molar-refractivity contribution in [2.45, 2.75) is 13.8 Å². The Labute approximate surface area is 115 Å². The van der Waals surface area contributed by atoms with E-state index in [9.17, 15) is 4.79 Å². The van der Waals surface area contributed by atoms with Gasteiger partial charge in [0.15, 0.2) is 5.78 Å². The van der Waals surface area contributed by atoms with Crippen LogP contribution in [-0.4, -0.2) is 5.78 Å². The summed E-state index contributed by atoms with van der Waals surface area (Å²) in [6.07, 6.45) is 0. The summed E-state index contributed by atoms with van der Waals surface area (Å²) in [6.45, 7) is 3.88. The highest BCUT2D eigenvalue weighted by Crippen LogP contribution is 2.24. The highest BCUT2D eigenvalue weighted by molar-refractivity contribution is 9.10. The Kier molecular flexibility index (Phi) is 3.53. The van der Waals surface area contributed by atoms with Crippen LogP contribution in [-0.2, 0) is 0 Å². The predicted octanol–water partition coefficient (Wildman–Crippen LogP) is 3.88. The van der Waals surface area contributed by atoms with E-state index in [1.165, 1.54) is 0 Å². The lowest BCUT2D eigenvalue weighted by molar-refractivity contribution is 0.103. The molecule has 2 aromatic carbocycles. The van der Waals surface area contributed by atoms with Gasteiger partial charge in [-0.1, -0.05) is 34.1 Å². The molecule has 0 aliphatic heterocycles. The molecule has 0 saturated heterocycles. The van der Waals surface area contributed by atoms with Crippen LogP contribution in [0.25, 0.3) is 0 Å². The predicted molar refractivity (Wildman–Crippen MR) is 77.9 cm³/mol. The van der Waals surface area contributed by atoms with Crippen LogP contribution in [0.15, 0.2) is 40.9 Å². The number of nitrogen functional groups attached to an aromatic ring is 1. The first kappa shape index (κ1) is 12.8. The number of aryl methyl sites for hydroxylation is 2. The molecule has 0 aliphatic rings. The molecule has 0 spiro atoms. The molecule has 2 rings (SSSR count). The smallest absolute Gasteiger partial charge is 0.195 e. The maximum absolute atomic E-state index is 12.6. The number of nitrogens with two attached hydrogens (primary N) is 1. The lowest BCUT2D eigenvalue weighted by Gasteiger charge is -2.10. The van der Waals surface area contributed by atoms with E-state index in [2.05, 4.69) is 15.9 Å². The van der Waals surface area contributed by atoms with E-state index in [1.54, 1.807) is 12.1 Å². The summed E-state index contributed by atoms with van der Waals surface area (Å²) >= 11 is 3.37. The van der Waals surface area contributed by atoms with Gasteiger partial charge < -0.3 is 5.73 Å². The maximum Gasteiger partial charge on any atom is 0.195 e. The van der Waals surface area contributed by atoms with E-state index < -0.39 is 0 Å². The number of hydrogen-bond acceptors (Lipinski definition) is 2. The third-order valence-corrected chi connectivity index (χ3v) is 3.46. The van der Waals surface area contributed by atoms with Crippen molar-refractivity contribution in [2.24, 2.45) is 0 Å². The van der Waals surface area contributed by atoms with Crippen LogP contribution in [0.2, 0.25) is 0 Å². The summed E-state index contributed by atoms with van der Waals surface area (Å²) < 4.78 is 0.853. The largest absolute Gasteiger partial charge is 0.398 e. The molecule has 18 heavy (non-hydrogen) atoms. The fourth-order valence-electron chi connectivity index (χ4n) is 2.03. The molecule has 0 aromatic heterocycles. The number of anilines is 1. The first-order valence-corrected chi connectivity index (χ1v) is 6.46. The van der Waals surface area contributed by atoms with E-state index >= 15 is 0 Å². The quantitative estimate of drug-likeness (QED) is 0.676. The van der Waals surface area contributed by atoms with E-state index in [0.29, 0.717) is 11.3 Å². The third kappa shape index (κ3) is 2.31. The summed E-state index contributed by atoms with van der Waals surface area (Å²) in [5.74, 6) is -0.0237. The molecule has 0 fully saturated rings. The van der Waals surface area contributed by atoms with Gasteiger partial charge in [-0.15, -0.1) is 0 Å². The van der Waals surface area contributed by atoms with Gasteiger partial charge in [-0.3, -0.25) is 4.79 Å². The minimum atomic E-state index is -0.0237. The average Bonchev–Trinajstić information content (AvgIpc) is 2.32. The second-order valence-electron chi connectivity index (χ2n) is 4.33. The molecule has 92 valence electrons. The zero-order valence-corrected chi connectivity index (χ0v) is 11.9. The number of ketones is 1. The molecule has 0 aliphatic carbocycles. The average molecular weight is 304 g/mol. The van der Waals surface area contributed by atoms with Crippen molar-refractivity contribution < 1.29 is 4.79 Å². The maximum atomic E-state index is 12.6. The number of carbonyl (C=O) groups excluding carboxylic acids is 1. The van der Waals surface area contributed by atoms with Gasteiger partial charge in [-0.25, -0.2) is 0 Å². The molecule has 0 radical (unpaired) electrons. The van der Waals surface area contributed by atoms with Gasteiger partial charge in [-0.05, 0) is 43.2 Å². The van der Waals surface area contributed by atoms with Crippen LogP contribution in [0.1, 0.15) is 27.0 Å². The molecular formula is C15H14BrNO. The molecule has 3 heteroatoms. The zero-order valence-electron chi connectivity index (χ0n) is 10.3. The van der Waals surface area contributed by atoms with Crippen LogP contribution < -0.4 is 5.73 Å². The number of hydrogen-bond donors (Lipinski definition) is 1. The van der Waals surface area contributed by atoms with E-state index in [4.69, 9.17) is 5.73 Å². The fourth-order valence-corrected chi connectivity index (χ4v) is 2.39. The van der Waals surface area contributed by atoms with Crippen molar-refractivity contribution in [1.82, 2.24) is 0 Å². The highest BCUT2D eigenvalue weighted by atomic mass is 79.9. The third-order valence-electron chi connectivity index (χ3n) is 2.97. The Morgan fingerprint density at radius 2 is 1.72 bits per heavy atom. The first-order valence-electron chi connectivity index (χ1n) is 5.66. The number of rotatable bonds is 2. The van der Waals surface area contributed by atoms with Gasteiger partial charge >= 0.3 is 0 Å². The summed E-state index contributed by atoms with van der Waals surface area (Å²) in [5, 5.41) is 0. The van der Waals surface area contributed by atoms with Gasteiger partial charge in [0.05, 0.1) is 0 Å². The Hall–Kier alpha value is -1.61. The van der Waals surface area contributed by atoms with Crippen molar-refractivity contribution in [1.29, 1.82) is 0 Å². The minimum absolute atomic E-state index is 0.0237. The van der Waals surface area contributed by atoms with Gasteiger partial charge in [0.1, 0.15) is 0 Å². The first-order chi connectivity index (χ1) is 8.50. The molecule has 0 atom stereocenters. The molecule has 0 heterocycles. The molecule has 2 aromatic rings. The Morgan fingerprint density at radius 3 is 2.33 bits per heavy atom. The summed E-state index contributed by atoms with van der Waals surface area (Å²) in [5.41, 5.74) is 9.62. The van der Waals surface area contributed by atoms with Crippen LogP contribution >= 0.6 is 15.9 Å². The highest BCUT2D eigenvalue weighted by Gasteiger charge is 2.16. The van der Waals surface area contributed by atoms with E-state index in [-0.39, 0.29) is 5.78 Å².